The fourth-order valence-corrected chi connectivity index (χ4v) is 4.22. The number of anilines is 2. The number of nitrogen functional groups attached to an aromatic ring is 1. The van der Waals surface area contributed by atoms with Crippen molar-refractivity contribution in [3.05, 3.63) is 107 Å². The van der Waals surface area contributed by atoms with E-state index in [-0.39, 0.29) is 17.7 Å². The summed E-state index contributed by atoms with van der Waals surface area (Å²) < 4.78 is 29.6. The Morgan fingerprint density at radius 1 is 0.923 bits per heavy atom. The molecule has 5 aromatic rings. The fraction of sp³-hybridized carbons (Fsp3) is 0.103. The van der Waals surface area contributed by atoms with Gasteiger partial charge in [-0.15, -0.1) is 0 Å². The summed E-state index contributed by atoms with van der Waals surface area (Å²) in [5, 5.41) is 6.92. The quantitative estimate of drug-likeness (QED) is 0.313. The van der Waals surface area contributed by atoms with Crippen LogP contribution in [0, 0.1) is 5.82 Å². The first-order valence-electron chi connectivity index (χ1n) is 12.0. The number of aryl methyl sites for hydroxylation is 2. The minimum atomic E-state index is -0.686. The van der Waals surface area contributed by atoms with Gasteiger partial charge in [-0.25, -0.2) is 13.8 Å². The van der Waals surface area contributed by atoms with Crippen LogP contribution in [0.1, 0.15) is 10.4 Å². The molecule has 10 heteroatoms. The molecule has 0 radical (unpaired) electrons. The van der Waals surface area contributed by atoms with Gasteiger partial charge in [-0.3, -0.25) is 14.3 Å². The lowest BCUT2D eigenvalue weighted by atomic mass is 10.0. The number of halogens is 2. The van der Waals surface area contributed by atoms with E-state index in [0.29, 0.717) is 17.1 Å². The third-order valence-corrected chi connectivity index (χ3v) is 6.23. The lowest BCUT2D eigenvalue weighted by Crippen LogP contribution is -2.24. The van der Waals surface area contributed by atoms with Gasteiger partial charge in [0.05, 0.1) is 12.7 Å². The van der Waals surface area contributed by atoms with Crippen LogP contribution < -0.4 is 16.5 Å². The highest BCUT2D eigenvalue weighted by Crippen LogP contribution is 2.30. The standard InChI is InChI=1S/C29H24F2N6O2/c1-36-15-21(14-34-36)20-12-24(28(32)33-13-20)18-4-8-23(9-5-18)35-29(39)26-17-37(11-10-30)16-25(27(26)38)19-2-6-22(31)7-3-19/h2-9,12-17H,10-11H2,1H3,(H2,32,33)(H,35,39). The number of alkyl halides is 1. The van der Waals surface area contributed by atoms with Crippen molar-refractivity contribution in [3.8, 4) is 33.4 Å². The molecule has 3 N–H and O–H groups in total. The highest BCUT2D eigenvalue weighted by molar-refractivity contribution is 6.04. The number of nitrogens with one attached hydrogen (secondary N) is 1. The molecular weight excluding hydrogens is 502 g/mol. The maximum absolute atomic E-state index is 13.4. The van der Waals surface area contributed by atoms with Crippen molar-refractivity contribution in [2.24, 2.45) is 7.05 Å². The van der Waals surface area contributed by atoms with Crippen LogP contribution in [0.2, 0.25) is 0 Å². The van der Waals surface area contributed by atoms with Crippen molar-refractivity contribution in [2.75, 3.05) is 17.7 Å². The zero-order valence-electron chi connectivity index (χ0n) is 20.9. The molecule has 0 bridgehead atoms. The maximum Gasteiger partial charge on any atom is 0.261 e. The molecule has 0 saturated carbocycles. The Labute approximate surface area is 222 Å². The monoisotopic (exact) mass is 526 g/mol. The first-order chi connectivity index (χ1) is 18.8. The van der Waals surface area contributed by atoms with Gasteiger partial charge in [-0.1, -0.05) is 24.3 Å². The predicted molar refractivity (Wildman–Crippen MR) is 146 cm³/mol. The highest BCUT2D eigenvalue weighted by Gasteiger charge is 2.17. The Hall–Kier alpha value is -5.12. The van der Waals surface area contributed by atoms with Gasteiger partial charge in [0.15, 0.2) is 0 Å². The van der Waals surface area contributed by atoms with Crippen molar-refractivity contribution < 1.29 is 13.6 Å². The summed E-state index contributed by atoms with van der Waals surface area (Å²) in [6.07, 6.45) is 8.07. The van der Waals surface area contributed by atoms with Crippen LogP contribution in [-0.2, 0) is 13.6 Å². The van der Waals surface area contributed by atoms with E-state index in [2.05, 4.69) is 15.4 Å². The molecule has 0 spiro atoms. The fourth-order valence-electron chi connectivity index (χ4n) is 4.22. The number of hydrogen-bond donors (Lipinski definition) is 2. The predicted octanol–water partition coefficient (Wildman–Crippen LogP) is 4.92. The largest absolute Gasteiger partial charge is 0.383 e. The van der Waals surface area contributed by atoms with E-state index in [1.165, 1.54) is 41.2 Å². The van der Waals surface area contributed by atoms with Crippen molar-refractivity contribution in [2.45, 2.75) is 6.54 Å². The van der Waals surface area contributed by atoms with Crippen molar-refractivity contribution >= 4 is 17.4 Å². The van der Waals surface area contributed by atoms with Gasteiger partial charge in [-0.05, 0) is 41.5 Å². The first kappa shape index (κ1) is 25.5. The van der Waals surface area contributed by atoms with E-state index in [9.17, 15) is 18.4 Å². The zero-order chi connectivity index (χ0) is 27.5. The number of pyridine rings is 2. The minimum Gasteiger partial charge on any atom is -0.383 e. The molecule has 8 nitrogen and oxygen atoms in total. The van der Waals surface area contributed by atoms with Gasteiger partial charge in [0.2, 0.25) is 5.43 Å². The average molecular weight is 527 g/mol. The number of carbonyl (C=O) groups excluding carboxylic acids is 1. The van der Waals surface area contributed by atoms with Crippen LogP contribution in [0.25, 0.3) is 33.4 Å². The van der Waals surface area contributed by atoms with Gasteiger partial charge in [0.25, 0.3) is 5.91 Å². The molecule has 0 unspecified atom stereocenters. The molecule has 0 atom stereocenters. The molecule has 3 aromatic heterocycles. The van der Waals surface area contributed by atoms with Gasteiger partial charge >= 0.3 is 0 Å². The van der Waals surface area contributed by atoms with Crippen LogP contribution in [0.15, 0.2) is 90.4 Å². The molecule has 0 aliphatic carbocycles. The molecular formula is C29H24F2N6O2. The van der Waals surface area contributed by atoms with Crippen molar-refractivity contribution in [1.29, 1.82) is 0 Å². The summed E-state index contributed by atoms with van der Waals surface area (Å²) >= 11 is 0. The molecule has 5 rings (SSSR count). The van der Waals surface area contributed by atoms with Crippen LogP contribution >= 0.6 is 0 Å². The molecule has 0 saturated heterocycles. The van der Waals surface area contributed by atoms with Crippen LogP contribution in [0.4, 0.5) is 20.3 Å². The normalized spacial score (nSPS) is 10.9. The lowest BCUT2D eigenvalue weighted by Gasteiger charge is -2.12. The number of nitrogens with zero attached hydrogens (tertiary/aromatic N) is 4. The van der Waals surface area contributed by atoms with Crippen LogP contribution in [-0.4, -0.2) is 31.9 Å². The van der Waals surface area contributed by atoms with Gasteiger partial charge in [0.1, 0.15) is 23.9 Å². The van der Waals surface area contributed by atoms with E-state index >= 15 is 0 Å². The summed E-state index contributed by atoms with van der Waals surface area (Å²) in [4.78, 5) is 30.6. The van der Waals surface area contributed by atoms with Crippen molar-refractivity contribution in [1.82, 2.24) is 19.3 Å². The minimum absolute atomic E-state index is 0.0446. The topological polar surface area (TPSA) is 108 Å². The Morgan fingerprint density at radius 3 is 2.28 bits per heavy atom. The Balaban J connectivity index is 1.42. The second-order valence-corrected chi connectivity index (χ2v) is 8.94. The second-order valence-electron chi connectivity index (χ2n) is 8.94. The number of rotatable bonds is 7. The SMILES string of the molecule is Cn1cc(-c2cnc(N)c(-c3ccc(NC(=O)c4cn(CCF)cc(-c5ccc(F)cc5)c4=O)cc3)c2)cn1. The van der Waals surface area contributed by atoms with Crippen LogP contribution in [0.5, 0.6) is 0 Å². The second kappa shape index (κ2) is 10.7. The van der Waals surface area contributed by atoms with E-state index in [1.54, 1.807) is 41.3 Å². The third-order valence-electron chi connectivity index (χ3n) is 6.23. The van der Waals surface area contributed by atoms with E-state index in [0.717, 1.165) is 22.3 Å². The van der Waals surface area contributed by atoms with Gasteiger partial charge in [-0.2, -0.15) is 5.10 Å². The summed E-state index contributed by atoms with van der Waals surface area (Å²) in [6, 6.07) is 14.2. The first-order valence-corrected chi connectivity index (χ1v) is 12.0. The Bertz CT molecular complexity index is 1710. The highest BCUT2D eigenvalue weighted by atomic mass is 19.1. The third kappa shape index (κ3) is 5.45. The molecule has 0 aliphatic rings. The summed E-state index contributed by atoms with van der Waals surface area (Å²) in [5.74, 6) is -0.754. The molecule has 39 heavy (non-hydrogen) atoms. The van der Waals surface area contributed by atoms with Crippen LogP contribution in [0.3, 0.4) is 0 Å². The molecule has 0 fully saturated rings. The molecule has 0 aliphatic heterocycles. The average Bonchev–Trinajstić information content (AvgIpc) is 3.37. The molecule has 3 heterocycles. The van der Waals surface area contributed by atoms with Crippen molar-refractivity contribution in [3.63, 3.8) is 0 Å². The summed E-state index contributed by atoms with van der Waals surface area (Å²) in [6.45, 7) is -0.731. The van der Waals surface area contributed by atoms with Gasteiger partial charge in [0, 0.05) is 59.8 Å². The smallest absolute Gasteiger partial charge is 0.261 e. The Kier molecular flexibility index (Phi) is 7.00. The lowest BCUT2D eigenvalue weighted by molar-refractivity contribution is 0.102. The zero-order valence-corrected chi connectivity index (χ0v) is 20.9. The van der Waals surface area contributed by atoms with Gasteiger partial charge < -0.3 is 15.6 Å². The molecule has 2 aromatic carbocycles. The van der Waals surface area contributed by atoms with E-state index < -0.39 is 23.8 Å². The number of aromatic nitrogens is 4. The Morgan fingerprint density at radius 2 is 1.62 bits per heavy atom. The molecule has 1 amide bonds. The molecule has 196 valence electrons. The number of carbonyl (C=O) groups is 1. The summed E-state index contributed by atoms with van der Waals surface area (Å²) in [5.41, 5.74) is 9.73. The number of amides is 1. The number of benzene rings is 2. The van der Waals surface area contributed by atoms with E-state index in [1.807, 2.05) is 19.3 Å². The van der Waals surface area contributed by atoms with E-state index in [4.69, 9.17) is 5.73 Å². The number of hydrogen-bond acceptors (Lipinski definition) is 5. The number of nitrogens with two attached hydrogens (primary N) is 1. The summed E-state index contributed by atoms with van der Waals surface area (Å²) in [7, 11) is 1.83. The maximum atomic E-state index is 13.4.